The number of unbranched alkanes of at least 4 members (excludes halogenated alkanes) is 4. The van der Waals surface area contributed by atoms with Gasteiger partial charge in [-0.25, -0.2) is 0 Å². The van der Waals surface area contributed by atoms with E-state index < -0.39 is 28.6 Å². The largest absolute Gasteiger partial charge is 0.493 e. The Morgan fingerprint density at radius 2 is 0.358 bits per heavy atom. The number of ether oxygens (including phenoxy) is 4. The van der Waals surface area contributed by atoms with E-state index in [0.29, 0.717) is 195 Å². The Bertz CT molecular complexity index is 4640. The number of amides is 4. The van der Waals surface area contributed by atoms with Crippen molar-refractivity contribution in [3.63, 3.8) is 0 Å². The number of hydrogen-bond donors (Lipinski definition) is 4. The Balaban J connectivity index is 0.762. The van der Waals surface area contributed by atoms with Crippen molar-refractivity contribution >= 4 is 94.6 Å². The summed E-state index contributed by atoms with van der Waals surface area (Å²) in [5, 5.41) is 17.3. The third-order valence-electron chi connectivity index (χ3n) is 21.6. The zero-order chi connectivity index (χ0) is 83.3. The number of carbonyl (C=O) groups is 4. The molecule has 12 aromatic carbocycles. The van der Waals surface area contributed by atoms with Crippen LogP contribution in [0, 0.1) is 0 Å². The molecule has 13 rings (SSSR count). The molecule has 16 nitrogen and oxygen atoms in total. The fourth-order valence-corrected chi connectivity index (χ4v) is 25.4. The number of nitrogens with one attached hydrogen (secondary N) is 4. The van der Waals surface area contributed by atoms with Gasteiger partial charge >= 0.3 is 0 Å². The minimum absolute atomic E-state index is 0.165. The maximum Gasteiger partial charge on any atom is 0.228 e. The SMILES string of the molecule is O=C(CP(=O)(c1ccccc1)c1ccccc1)NCCCCOc1c2cccc1Cc1cccc(c1OCCCCNC(=O)CP(=O)(c1ccccc1)c1ccccc1)Cc1cccc(c1OCCCCNC(=O)CP(=O)(c1ccccc1)c1ccccc1)Cc1cccc(c1OCCCCNC(=O)CP(=O)(c1ccccc1)c1ccccc1)C2. The molecular formula is C100H104N4O12P4. The van der Waals surface area contributed by atoms with E-state index in [9.17, 15) is 37.4 Å². The second-order valence-electron chi connectivity index (χ2n) is 30.2. The Morgan fingerprint density at radius 3 is 0.508 bits per heavy atom. The van der Waals surface area contributed by atoms with Crippen LogP contribution in [-0.2, 0) is 63.1 Å². The topological polar surface area (TPSA) is 222 Å². The van der Waals surface area contributed by atoms with Crippen molar-refractivity contribution in [3.05, 3.63) is 360 Å². The molecule has 0 saturated carbocycles. The molecule has 0 fully saturated rings. The van der Waals surface area contributed by atoms with Crippen molar-refractivity contribution in [2.75, 3.05) is 77.3 Å². The highest BCUT2D eigenvalue weighted by Gasteiger charge is 2.35. The minimum atomic E-state index is -3.30. The van der Waals surface area contributed by atoms with Crippen LogP contribution >= 0.6 is 28.6 Å². The summed E-state index contributed by atoms with van der Waals surface area (Å²) in [7, 11) is -13.2. The third-order valence-corrected chi connectivity index (χ3v) is 33.6. The van der Waals surface area contributed by atoms with Gasteiger partial charge in [0.05, 0.1) is 51.1 Å². The normalized spacial score (nSPS) is 12.1. The summed E-state index contributed by atoms with van der Waals surface area (Å²) in [6, 6.07) is 98.7. The van der Waals surface area contributed by atoms with Crippen molar-refractivity contribution in [2.24, 2.45) is 0 Å². The van der Waals surface area contributed by atoms with Gasteiger partial charge in [0, 0.05) is 94.3 Å². The summed E-state index contributed by atoms with van der Waals surface area (Å²) in [5.74, 6) is 1.68. The van der Waals surface area contributed by atoms with E-state index in [2.05, 4.69) is 94.1 Å². The Kier molecular flexibility index (Phi) is 31.0. The van der Waals surface area contributed by atoms with Crippen LogP contribution in [0.15, 0.2) is 315 Å². The zero-order valence-corrected chi connectivity index (χ0v) is 71.3. The number of rotatable bonds is 40. The maximum atomic E-state index is 14.9. The van der Waals surface area contributed by atoms with Crippen molar-refractivity contribution in [1.29, 1.82) is 0 Å². The van der Waals surface area contributed by atoms with Gasteiger partial charge in [-0.15, -0.1) is 0 Å². The monoisotopic (exact) mass is 1680 g/mol. The fourth-order valence-electron chi connectivity index (χ4n) is 15.5. The molecule has 20 heteroatoms. The number of carbonyl (C=O) groups excluding carboxylic acids is 4. The quantitative estimate of drug-likeness (QED) is 0.0208. The fraction of sp³-hybridized carbons (Fsp3) is 0.240. The third kappa shape index (κ3) is 22.8. The lowest BCUT2D eigenvalue weighted by Crippen LogP contribution is -2.31. The molecule has 0 saturated heterocycles. The van der Waals surface area contributed by atoms with Crippen LogP contribution in [-0.4, -0.2) is 101 Å². The molecule has 0 spiro atoms. The standard InChI is InChI=1S/C100H104N4O12P4/c105-93(73-117(109,85-45-9-1-10-46-85)86-47-11-2-12-48-86)101-61-25-29-65-113-97-77-37-33-38-78(97)70-80-40-35-42-82(99(80)115-67-31-27-63-103-95(107)75-119(111,89-53-17-5-18-54-89)90-55-19-6-20-56-90)72-84-44-36-43-83(100(84)116-68-32-28-64-104-96(108)76-120(112,91-57-21-7-22-58-91)92-59-23-8-24-60-92)71-81-41-34-39-79(69-77)98(81)114-66-30-26-62-102-94(106)74-118(110,87-49-13-3-14-50-87)88-51-15-4-16-52-88/h1-24,33-60H,25-32,61-76H2,(H,101,105)(H,102,106)(H,103,107)(H,104,108). The summed E-state index contributed by atoms with van der Waals surface area (Å²) >= 11 is 0. The van der Waals surface area contributed by atoms with Gasteiger partial charge in [-0.3, -0.25) is 19.2 Å². The zero-order valence-electron chi connectivity index (χ0n) is 67.7. The van der Waals surface area contributed by atoms with Gasteiger partial charge in [0.2, 0.25) is 23.6 Å². The molecular weight excluding hydrogens is 1570 g/mol. The smallest absolute Gasteiger partial charge is 0.228 e. The van der Waals surface area contributed by atoms with Gasteiger partial charge < -0.3 is 58.5 Å². The lowest BCUT2D eigenvalue weighted by atomic mass is 9.91. The predicted molar refractivity (Wildman–Crippen MR) is 486 cm³/mol. The summed E-state index contributed by atoms with van der Waals surface area (Å²) < 4.78 is 87.7. The van der Waals surface area contributed by atoms with Crippen LogP contribution in [0.2, 0.25) is 0 Å². The van der Waals surface area contributed by atoms with E-state index in [1.807, 2.05) is 243 Å². The molecule has 12 aromatic rings. The number of fused-ring (bicyclic) bond motifs is 8. The van der Waals surface area contributed by atoms with E-state index in [0.717, 1.165) is 44.5 Å². The number of para-hydroxylation sites is 4. The van der Waals surface area contributed by atoms with Gasteiger partial charge in [-0.1, -0.05) is 315 Å². The molecule has 0 heterocycles. The van der Waals surface area contributed by atoms with Gasteiger partial charge in [0.1, 0.15) is 23.0 Å². The van der Waals surface area contributed by atoms with Gasteiger partial charge in [0.25, 0.3) is 0 Å². The molecule has 1 aliphatic rings. The highest BCUT2D eigenvalue weighted by Crippen LogP contribution is 2.47. The molecule has 0 aliphatic heterocycles. The summed E-state index contributed by atoms with van der Waals surface area (Å²) in [6.07, 6.45) is 5.68. The molecule has 4 N–H and O–H groups in total. The second-order valence-corrected chi connectivity index (χ2v) is 41.5. The lowest BCUT2D eigenvalue weighted by Gasteiger charge is -2.23. The first-order valence-corrected chi connectivity index (χ1v) is 49.1. The van der Waals surface area contributed by atoms with Gasteiger partial charge in [-0.05, 0) is 95.9 Å². The summed E-state index contributed by atoms with van der Waals surface area (Å²) in [4.78, 5) is 55.3. The minimum Gasteiger partial charge on any atom is -0.493 e. The molecule has 8 bridgehead atoms. The van der Waals surface area contributed by atoms with Crippen molar-refractivity contribution in [1.82, 2.24) is 21.3 Å². The molecule has 1 aliphatic carbocycles. The van der Waals surface area contributed by atoms with Gasteiger partial charge in [-0.2, -0.15) is 0 Å². The van der Waals surface area contributed by atoms with E-state index >= 15 is 0 Å². The first-order valence-electron chi connectivity index (χ1n) is 41.5. The van der Waals surface area contributed by atoms with Crippen LogP contribution in [0.4, 0.5) is 0 Å². The highest BCUT2D eigenvalue weighted by molar-refractivity contribution is 7.80. The molecule has 4 amide bonds. The molecule has 0 radical (unpaired) electrons. The van der Waals surface area contributed by atoms with E-state index in [1.54, 1.807) is 0 Å². The van der Waals surface area contributed by atoms with Crippen LogP contribution in [0.3, 0.4) is 0 Å². The van der Waals surface area contributed by atoms with E-state index in [1.165, 1.54) is 0 Å². The van der Waals surface area contributed by atoms with E-state index in [4.69, 9.17) is 18.9 Å². The van der Waals surface area contributed by atoms with Crippen molar-refractivity contribution in [3.8, 4) is 23.0 Å². The Morgan fingerprint density at radius 1 is 0.208 bits per heavy atom. The average Bonchev–Trinajstić information content (AvgIpc) is 0.813. The summed E-state index contributed by atoms with van der Waals surface area (Å²) in [6.45, 7) is 2.66. The number of benzene rings is 12. The predicted octanol–water partition coefficient (Wildman–Crippen LogP) is 15.5. The molecule has 616 valence electrons. The summed E-state index contributed by atoms with van der Waals surface area (Å²) in [5.41, 5.74) is 7.38. The van der Waals surface area contributed by atoms with Crippen LogP contribution < -0.4 is 82.7 Å². The molecule has 120 heavy (non-hydrogen) atoms. The molecule has 0 unspecified atom stereocenters. The number of hydrogen-bond acceptors (Lipinski definition) is 12. The first kappa shape index (κ1) is 86.5. The van der Waals surface area contributed by atoms with Gasteiger partial charge in [0.15, 0.2) is 28.6 Å². The first-order chi connectivity index (χ1) is 58.7. The second kappa shape index (κ2) is 43.0. The van der Waals surface area contributed by atoms with Crippen LogP contribution in [0.25, 0.3) is 0 Å². The Hall–Kier alpha value is -11.4. The maximum absolute atomic E-state index is 14.9. The van der Waals surface area contributed by atoms with Crippen molar-refractivity contribution in [2.45, 2.75) is 77.0 Å². The van der Waals surface area contributed by atoms with E-state index in [-0.39, 0.29) is 48.3 Å². The average molecular weight is 1680 g/mol. The molecule has 0 atom stereocenters. The van der Waals surface area contributed by atoms with Crippen LogP contribution in [0.1, 0.15) is 95.9 Å². The van der Waals surface area contributed by atoms with Crippen LogP contribution in [0.5, 0.6) is 23.0 Å². The Labute approximate surface area is 705 Å². The lowest BCUT2D eigenvalue weighted by molar-refractivity contribution is -0.119. The highest BCUT2D eigenvalue weighted by atomic mass is 31.2. The molecule has 0 aromatic heterocycles. The van der Waals surface area contributed by atoms with Crippen molar-refractivity contribution < 1.29 is 56.4 Å².